The molecular formula is C56H34. The summed E-state index contributed by atoms with van der Waals surface area (Å²) in [6, 6.07) is 76.7. The fraction of sp³-hybridized carbons (Fsp3) is 0. The molecule has 258 valence electrons. The highest BCUT2D eigenvalue weighted by atomic mass is 14.2. The molecule has 0 atom stereocenters. The van der Waals surface area contributed by atoms with E-state index in [0.717, 1.165) is 0 Å². The van der Waals surface area contributed by atoms with Gasteiger partial charge in [0.1, 0.15) is 0 Å². The first-order valence-electron chi connectivity index (χ1n) is 19.5. The van der Waals surface area contributed by atoms with Crippen LogP contribution >= 0.6 is 0 Å². The van der Waals surface area contributed by atoms with Crippen molar-refractivity contribution in [1.82, 2.24) is 0 Å². The summed E-state index contributed by atoms with van der Waals surface area (Å²) in [5, 5.41) is 17.9. The Balaban J connectivity index is 0.977. The molecule has 0 saturated heterocycles. The third-order valence-electron chi connectivity index (χ3n) is 12.2. The minimum absolute atomic E-state index is 1.24. The molecule has 0 amide bonds. The predicted molar refractivity (Wildman–Crippen MR) is 242 cm³/mol. The van der Waals surface area contributed by atoms with Crippen LogP contribution in [0.4, 0.5) is 0 Å². The Morgan fingerprint density at radius 1 is 0.179 bits per heavy atom. The lowest BCUT2D eigenvalue weighted by Gasteiger charge is -2.17. The second-order valence-corrected chi connectivity index (χ2v) is 15.3. The quantitative estimate of drug-likeness (QED) is 0.160. The van der Waals surface area contributed by atoms with E-state index in [4.69, 9.17) is 0 Å². The summed E-state index contributed by atoms with van der Waals surface area (Å²) in [7, 11) is 0. The lowest BCUT2D eigenvalue weighted by atomic mass is 9.86. The number of rotatable bonds is 4. The molecule has 0 spiro atoms. The van der Waals surface area contributed by atoms with Crippen LogP contribution in [0, 0.1) is 0 Å². The fourth-order valence-corrected chi connectivity index (χ4v) is 9.42. The fourth-order valence-electron chi connectivity index (χ4n) is 9.42. The molecule has 0 aliphatic heterocycles. The monoisotopic (exact) mass is 706 g/mol. The molecule has 0 saturated carbocycles. The van der Waals surface area contributed by atoms with Gasteiger partial charge in [-0.1, -0.05) is 182 Å². The van der Waals surface area contributed by atoms with Gasteiger partial charge in [-0.2, -0.15) is 0 Å². The van der Waals surface area contributed by atoms with Crippen molar-refractivity contribution in [3.05, 3.63) is 206 Å². The molecule has 0 nitrogen and oxygen atoms in total. The van der Waals surface area contributed by atoms with E-state index in [1.54, 1.807) is 0 Å². The van der Waals surface area contributed by atoms with Crippen molar-refractivity contribution < 1.29 is 0 Å². The maximum absolute atomic E-state index is 2.37. The van der Waals surface area contributed by atoms with Crippen LogP contribution in [-0.4, -0.2) is 0 Å². The highest BCUT2D eigenvalue weighted by molar-refractivity contribution is 6.28. The third kappa shape index (κ3) is 4.79. The summed E-state index contributed by atoms with van der Waals surface area (Å²) in [6.07, 6.45) is 0. The van der Waals surface area contributed by atoms with E-state index in [2.05, 4.69) is 206 Å². The van der Waals surface area contributed by atoms with Crippen LogP contribution in [0.1, 0.15) is 0 Å². The van der Waals surface area contributed by atoms with Crippen LogP contribution in [0.15, 0.2) is 206 Å². The van der Waals surface area contributed by atoms with Crippen LogP contribution in [0.3, 0.4) is 0 Å². The standard InChI is InChI=1S/C56H34/c1-3-9-39-31-43(17-15-35(39)7-1)47-13-5-11-41-33-45(23-27-49(41)47)51-25-19-37-22-30-54-52(26-20-38-21-29-53(51)55(37)56(38)54)46-24-28-50-42(34-46)12-6-14-48(50)44-18-16-36-8-2-4-10-40(36)32-44/h1-34H. The Labute approximate surface area is 324 Å². The van der Waals surface area contributed by atoms with Gasteiger partial charge in [0.15, 0.2) is 0 Å². The maximum atomic E-state index is 2.37. The molecule has 0 unspecified atom stereocenters. The van der Waals surface area contributed by atoms with Crippen LogP contribution in [0.2, 0.25) is 0 Å². The smallest absolute Gasteiger partial charge is 0.00203 e. The van der Waals surface area contributed by atoms with Gasteiger partial charge in [0, 0.05) is 0 Å². The van der Waals surface area contributed by atoms with Crippen LogP contribution in [0.5, 0.6) is 0 Å². The average molecular weight is 707 g/mol. The lowest BCUT2D eigenvalue weighted by Crippen LogP contribution is -1.90. The summed E-state index contributed by atoms with van der Waals surface area (Å²) in [6.45, 7) is 0. The Bertz CT molecular complexity index is 3290. The maximum Gasteiger partial charge on any atom is -0.00203 e. The Morgan fingerprint density at radius 2 is 0.500 bits per heavy atom. The zero-order valence-corrected chi connectivity index (χ0v) is 30.6. The molecule has 0 heteroatoms. The van der Waals surface area contributed by atoms with Crippen LogP contribution in [-0.2, 0) is 0 Å². The number of benzene rings is 12. The summed E-state index contributed by atoms with van der Waals surface area (Å²) < 4.78 is 0. The number of hydrogen-bond donors (Lipinski definition) is 0. The predicted octanol–water partition coefficient (Wildman–Crippen LogP) is 15.9. The van der Waals surface area contributed by atoms with Gasteiger partial charge in [0.2, 0.25) is 0 Å². The van der Waals surface area contributed by atoms with Crippen molar-refractivity contribution in [3.8, 4) is 44.5 Å². The minimum Gasteiger partial charge on any atom is -0.0616 e. The second-order valence-electron chi connectivity index (χ2n) is 15.3. The Morgan fingerprint density at radius 3 is 0.964 bits per heavy atom. The first-order chi connectivity index (χ1) is 27.7. The molecule has 0 aliphatic rings. The van der Waals surface area contributed by atoms with E-state index in [1.807, 2.05) is 0 Å². The lowest BCUT2D eigenvalue weighted by molar-refractivity contribution is 1.66. The van der Waals surface area contributed by atoms with Crippen molar-refractivity contribution in [2.45, 2.75) is 0 Å². The van der Waals surface area contributed by atoms with E-state index in [9.17, 15) is 0 Å². The summed E-state index contributed by atoms with van der Waals surface area (Å²) in [5.74, 6) is 0. The molecule has 0 aromatic heterocycles. The molecule has 0 radical (unpaired) electrons. The molecule has 0 aliphatic carbocycles. The molecule has 0 heterocycles. The van der Waals surface area contributed by atoms with E-state index < -0.39 is 0 Å². The Hall–Kier alpha value is -7.28. The average Bonchev–Trinajstić information content (AvgIpc) is 3.27. The zero-order valence-electron chi connectivity index (χ0n) is 30.6. The second kappa shape index (κ2) is 12.1. The third-order valence-corrected chi connectivity index (χ3v) is 12.2. The molecular weight excluding hydrogens is 673 g/mol. The Kier molecular flexibility index (Phi) is 6.73. The van der Waals surface area contributed by atoms with E-state index >= 15 is 0 Å². The SMILES string of the molecule is c1ccc2cc(-c3cccc4cc(-c5ccc6ccc7c(-c8ccc9c(-c%10ccc%11ccccc%11c%10)cccc9c8)ccc8ccc5c6c87)ccc34)ccc2c1. The van der Waals surface area contributed by atoms with Crippen molar-refractivity contribution in [2.75, 3.05) is 0 Å². The van der Waals surface area contributed by atoms with E-state index in [-0.39, 0.29) is 0 Å². The number of fused-ring (bicyclic) bond motifs is 4. The van der Waals surface area contributed by atoms with Gasteiger partial charge in [-0.05, 0) is 144 Å². The summed E-state index contributed by atoms with van der Waals surface area (Å²) >= 11 is 0. The first kappa shape index (κ1) is 31.1. The molecule has 56 heavy (non-hydrogen) atoms. The van der Waals surface area contributed by atoms with Gasteiger partial charge in [-0.15, -0.1) is 0 Å². The normalized spacial score (nSPS) is 11.9. The summed E-state index contributed by atoms with van der Waals surface area (Å²) in [5.41, 5.74) is 10.0. The van der Waals surface area contributed by atoms with Gasteiger partial charge >= 0.3 is 0 Å². The van der Waals surface area contributed by atoms with Crippen molar-refractivity contribution in [2.24, 2.45) is 0 Å². The molecule has 12 rings (SSSR count). The van der Waals surface area contributed by atoms with E-state index in [0.29, 0.717) is 0 Å². The minimum atomic E-state index is 1.24. The topological polar surface area (TPSA) is 0 Å². The van der Waals surface area contributed by atoms with Crippen molar-refractivity contribution >= 4 is 75.4 Å². The van der Waals surface area contributed by atoms with E-state index in [1.165, 1.54) is 120 Å². The molecule has 12 aromatic carbocycles. The highest BCUT2D eigenvalue weighted by Crippen LogP contribution is 2.44. The van der Waals surface area contributed by atoms with Crippen LogP contribution < -0.4 is 0 Å². The largest absolute Gasteiger partial charge is 0.0616 e. The summed E-state index contributed by atoms with van der Waals surface area (Å²) in [4.78, 5) is 0. The zero-order chi connectivity index (χ0) is 36.7. The van der Waals surface area contributed by atoms with Gasteiger partial charge in [-0.3, -0.25) is 0 Å². The molecule has 0 N–H and O–H groups in total. The van der Waals surface area contributed by atoms with Crippen molar-refractivity contribution in [3.63, 3.8) is 0 Å². The van der Waals surface area contributed by atoms with Gasteiger partial charge in [0.05, 0.1) is 0 Å². The molecule has 0 fully saturated rings. The van der Waals surface area contributed by atoms with Gasteiger partial charge in [-0.25, -0.2) is 0 Å². The molecule has 12 aromatic rings. The van der Waals surface area contributed by atoms with Crippen molar-refractivity contribution in [1.29, 1.82) is 0 Å². The van der Waals surface area contributed by atoms with Gasteiger partial charge < -0.3 is 0 Å². The van der Waals surface area contributed by atoms with Gasteiger partial charge in [0.25, 0.3) is 0 Å². The molecule has 0 bridgehead atoms. The highest BCUT2D eigenvalue weighted by Gasteiger charge is 2.16. The first-order valence-corrected chi connectivity index (χ1v) is 19.5. The van der Waals surface area contributed by atoms with Crippen LogP contribution in [0.25, 0.3) is 120 Å². The number of hydrogen-bond acceptors (Lipinski definition) is 0.